The average Bonchev–Trinajstić information content (AvgIpc) is 2.72. The van der Waals surface area contributed by atoms with E-state index in [1.165, 1.54) is 0 Å². The summed E-state index contributed by atoms with van der Waals surface area (Å²) in [5, 5.41) is 13.2. The van der Waals surface area contributed by atoms with E-state index in [0.29, 0.717) is 11.1 Å². The largest absolute Gasteiger partial charge is 0.393 e. The molecule has 1 aromatic rings. The van der Waals surface area contributed by atoms with E-state index in [1.54, 1.807) is 6.07 Å². The molecule has 0 aliphatic heterocycles. The Kier molecular flexibility index (Phi) is 4.18. The summed E-state index contributed by atoms with van der Waals surface area (Å²) in [4.78, 5) is 8.48. The quantitative estimate of drug-likeness (QED) is 0.811. The van der Waals surface area contributed by atoms with Crippen molar-refractivity contribution < 1.29 is 5.11 Å². The van der Waals surface area contributed by atoms with Crippen LogP contribution in [0, 0.1) is 5.92 Å². The Labute approximate surface area is 106 Å². The van der Waals surface area contributed by atoms with Gasteiger partial charge in [-0.2, -0.15) is 0 Å². The van der Waals surface area contributed by atoms with Gasteiger partial charge in [0, 0.05) is 19.0 Å². The maximum Gasteiger partial charge on any atom is 0.134 e. The van der Waals surface area contributed by atoms with Gasteiger partial charge in [0.2, 0.25) is 0 Å². The molecular formula is C12H18ClN3O. The van der Waals surface area contributed by atoms with Crippen LogP contribution in [0.3, 0.4) is 0 Å². The lowest BCUT2D eigenvalue weighted by Crippen LogP contribution is -2.14. The van der Waals surface area contributed by atoms with Crippen LogP contribution in [0.2, 0.25) is 5.15 Å². The maximum absolute atomic E-state index is 9.45. The standard InChI is InChI=1S/C12H18ClN3O/c1-2-11-15-10(13)6-12(16-11)14-7-8-3-4-9(17)5-8/h6,8-9,17H,2-5,7H2,1H3,(H,14,15,16). The second-order valence-corrected chi connectivity index (χ2v) is 4.95. The summed E-state index contributed by atoms with van der Waals surface area (Å²) in [6.45, 7) is 2.84. The van der Waals surface area contributed by atoms with E-state index in [2.05, 4.69) is 15.3 Å². The maximum atomic E-state index is 9.45. The van der Waals surface area contributed by atoms with E-state index in [-0.39, 0.29) is 6.10 Å². The van der Waals surface area contributed by atoms with Gasteiger partial charge in [-0.3, -0.25) is 0 Å². The van der Waals surface area contributed by atoms with E-state index < -0.39 is 0 Å². The highest BCUT2D eigenvalue weighted by Crippen LogP contribution is 2.25. The highest BCUT2D eigenvalue weighted by atomic mass is 35.5. The Hall–Kier alpha value is -0.870. The molecule has 0 saturated heterocycles. The number of hydrogen-bond acceptors (Lipinski definition) is 4. The van der Waals surface area contributed by atoms with Crippen molar-refractivity contribution in [2.24, 2.45) is 5.92 Å². The number of aliphatic hydroxyl groups is 1. The van der Waals surface area contributed by atoms with Gasteiger partial charge in [-0.15, -0.1) is 0 Å². The van der Waals surface area contributed by atoms with Crippen LogP contribution in [0.5, 0.6) is 0 Å². The third-order valence-electron chi connectivity index (χ3n) is 3.14. The number of aliphatic hydroxyl groups excluding tert-OH is 1. The molecule has 0 amide bonds. The van der Waals surface area contributed by atoms with Crippen molar-refractivity contribution in [1.82, 2.24) is 9.97 Å². The van der Waals surface area contributed by atoms with Crippen LogP contribution in [-0.2, 0) is 6.42 Å². The predicted molar refractivity (Wildman–Crippen MR) is 68.3 cm³/mol. The van der Waals surface area contributed by atoms with Gasteiger partial charge in [-0.05, 0) is 25.2 Å². The summed E-state index contributed by atoms with van der Waals surface area (Å²) < 4.78 is 0. The third kappa shape index (κ3) is 3.54. The van der Waals surface area contributed by atoms with Gasteiger partial charge >= 0.3 is 0 Å². The Morgan fingerprint density at radius 2 is 2.29 bits per heavy atom. The highest BCUT2D eigenvalue weighted by Gasteiger charge is 2.22. The molecular weight excluding hydrogens is 238 g/mol. The Bertz CT molecular complexity index is 386. The van der Waals surface area contributed by atoms with Crippen LogP contribution < -0.4 is 5.32 Å². The molecule has 1 aliphatic carbocycles. The van der Waals surface area contributed by atoms with Crippen molar-refractivity contribution in [3.63, 3.8) is 0 Å². The molecule has 1 aliphatic rings. The molecule has 2 N–H and O–H groups in total. The zero-order chi connectivity index (χ0) is 12.3. The number of halogens is 1. The fraction of sp³-hybridized carbons (Fsp3) is 0.667. The fourth-order valence-electron chi connectivity index (χ4n) is 2.20. The number of aromatic nitrogens is 2. The molecule has 0 bridgehead atoms. The van der Waals surface area contributed by atoms with E-state index in [1.807, 2.05) is 6.92 Å². The minimum Gasteiger partial charge on any atom is -0.393 e. The van der Waals surface area contributed by atoms with Crippen molar-refractivity contribution >= 4 is 17.4 Å². The van der Waals surface area contributed by atoms with Crippen LogP contribution in [0.4, 0.5) is 5.82 Å². The number of nitrogens with zero attached hydrogens (tertiary/aromatic N) is 2. The third-order valence-corrected chi connectivity index (χ3v) is 3.34. The molecule has 2 rings (SSSR count). The topological polar surface area (TPSA) is 58.0 Å². The van der Waals surface area contributed by atoms with Gasteiger partial charge in [0.05, 0.1) is 6.10 Å². The molecule has 0 aromatic carbocycles. The van der Waals surface area contributed by atoms with Crippen molar-refractivity contribution in [2.45, 2.75) is 38.7 Å². The van der Waals surface area contributed by atoms with Gasteiger partial charge < -0.3 is 10.4 Å². The molecule has 4 nitrogen and oxygen atoms in total. The highest BCUT2D eigenvalue weighted by molar-refractivity contribution is 6.29. The summed E-state index contributed by atoms with van der Waals surface area (Å²) in [7, 11) is 0. The molecule has 5 heteroatoms. The number of nitrogens with one attached hydrogen (secondary N) is 1. The van der Waals surface area contributed by atoms with Crippen LogP contribution in [-0.4, -0.2) is 27.7 Å². The Morgan fingerprint density at radius 3 is 2.94 bits per heavy atom. The van der Waals surface area contributed by atoms with Crippen molar-refractivity contribution in [3.05, 3.63) is 17.0 Å². The van der Waals surface area contributed by atoms with Gasteiger partial charge in [0.1, 0.15) is 16.8 Å². The van der Waals surface area contributed by atoms with Gasteiger partial charge in [-0.1, -0.05) is 18.5 Å². The lowest BCUT2D eigenvalue weighted by Gasteiger charge is -2.12. The SMILES string of the molecule is CCc1nc(Cl)cc(NCC2CCC(O)C2)n1. The Balaban J connectivity index is 1.92. The average molecular weight is 256 g/mol. The first-order chi connectivity index (χ1) is 8.17. The molecule has 0 spiro atoms. The minimum atomic E-state index is -0.123. The predicted octanol–water partition coefficient (Wildman–Crippen LogP) is 2.27. The molecule has 2 atom stereocenters. The van der Waals surface area contributed by atoms with E-state index in [9.17, 15) is 5.11 Å². The summed E-state index contributed by atoms with van der Waals surface area (Å²) in [5.74, 6) is 2.07. The summed E-state index contributed by atoms with van der Waals surface area (Å²) in [6.07, 6.45) is 3.52. The van der Waals surface area contributed by atoms with Gasteiger partial charge in [0.15, 0.2) is 0 Å². The van der Waals surface area contributed by atoms with E-state index >= 15 is 0 Å². The first-order valence-corrected chi connectivity index (χ1v) is 6.50. The van der Waals surface area contributed by atoms with E-state index in [0.717, 1.165) is 43.9 Å². The summed E-state index contributed by atoms with van der Waals surface area (Å²) in [6, 6.07) is 1.74. The summed E-state index contributed by atoms with van der Waals surface area (Å²) in [5.41, 5.74) is 0. The monoisotopic (exact) mass is 255 g/mol. The number of hydrogen-bond donors (Lipinski definition) is 2. The Morgan fingerprint density at radius 1 is 1.47 bits per heavy atom. The molecule has 94 valence electrons. The zero-order valence-corrected chi connectivity index (χ0v) is 10.7. The molecule has 1 aromatic heterocycles. The van der Waals surface area contributed by atoms with Crippen LogP contribution >= 0.6 is 11.6 Å². The lowest BCUT2D eigenvalue weighted by atomic mass is 10.1. The number of anilines is 1. The smallest absolute Gasteiger partial charge is 0.134 e. The van der Waals surface area contributed by atoms with Crippen molar-refractivity contribution in [3.8, 4) is 0 Å². The van der Waals surface area contributed by atoms with Gasteiger partial charge in [0.25, 0.3) is 0 Å². The van der Waals surface area contributed by atoms with Crippen LogP contribution in [0.25, 0.3) is 0 Å². The lowest BCUT2D eigenvalue weighted by molar-refractivity contribution is 0.178. The van der Waals surface area contributed by atoms with Crippen LogP contribution in [0.15, 0.2) is 6.07 Å². The summed E-state index contributed by atoms with van der Waals surface area (Å²) >= 11 is 5.92. The van der Waals surface area contributed by atoms with Crippen molar-refractivity contribution in [1.29, 1.82) is 0 Å². The molecule has 2 unspecified atom stereocenters. The normalized spacial score (nSPS) is 23.9. The molecule has 0 radical (unpaired) electrons. The second-order valence-electron chi connectivity index (χ2n) is 4.56. The molecule has 1 heterocycles. The number of aryl methyl sites for hydroxylation is 1. The first-order valence-electron chi connectivity index (χ1n) is 6.12. The molecule has 1 fully saturated rings. The minimum absolute atomic E-state index is 0.123. The zero-order valence-electron chi connectivity index (χ0n) is 9.99. The first kappa shape index (κ1) is 12.6. The second kappa shape index (κ2) is 5.65. The number of rotatable bonds is 4. The van der Waals surface area contributed by atoms with Gasteiger partial charge in [-0.25, -0.2) is 9.97 Å². The molecule has 17 heavy (non-hydrogen) atoms. The van der Waals surface area contributed by atoms with Crippen LogP contribution in [0.1, 0.15) is 32.0 Å². The fourth-order valence-corrected chi connectivity index (χ4v) is 2.40. The van der Waals surface area contributed by atoms with Crippen molar-refractivity contribution in [2.75, 3.05) is 11.9 Å². The van der Waals surface area contributed by atoms with E-state index in [4.69, 9.17) is 11.6 Å². The molecule has 1 saturated carbocycles.